The summed E-state index contributed by atoms with van der Waals surface area (Å²) in [5.74, 6) is 1.92. The predicted molar refractivity (Wildman–Crippen MR) is 226 cm³/mol. The number of furan rings is 1. The highest BCUT2D eigenvalue weighted by molar-refractivity contribution is 6.22. The van der Waals surface area contributed by atoms with Crippen LogP contribution >= 0.6 is 0 Å². The number of hydrogen-bond donors (Lipinski definition) is 0. The number of hydrogen-bond acceptors (Lipinski definition) is 4. The van der Waals surface area contributed by atoms with Crippen LogP contribution in [0.3, 0.4) is 0 Å². The third-order valence-corrected chi connectivity index (χ3v) is 11.3. The fourth-order valence-electron chi connectivity index (χ4n) is 8.73. The van der Waals surface area contributed by atoms with E-state index in [1.165, 1.54) is 38.4 Å². The molecule has 2 heterocycles. The third kappa shape index (κ3) is 4.55. The first kappa shape index (κ1) is 30.1. The SMILES string of the molecule is c1ccc(-c2nc(-c3ccc4ccccc4c3)nc(-c3ccc(-c4cccc5oc6cc7c(cc6c45)-c4cccc5cccc-7c45)c4ccccc34)n2)cc1. The Hall–Kier alpha value is -7.43. The minimum Gasteiger partial charge on any atom is -0.456 e. The summed E-state index contributed by atoms with van der Waals surface area (Å²) in [6.07, 6.45) is 0. The summed E-state index contributed by atoms with van der Waals surface area (Å²) in [4.78, 5) is 15.3. The molecule has 0 saturated heterocycles. The van der Waals surface area contributed by atoms with Gasteiger partial charge in [-0.25, -0.2) is 15.0 Å². The maximum absolute atomic E-state index is 6.65. The van der Waals surface area contributed by atoms with E-state index >= 15 is 0 Å². The van der Waals surface area contributed by atoms with Crippen molar-refractivity contribution >= 4 is 54.3 Å². The number of fused-ring (bicyclic) bond motifs is 8. The van der Waals surface area contributed by atoms with E-state index in [0.717, 1.165) is 65.9 Å². The molecule has 0 amide bonds. The van der Waals surface area contributed by atoms with Gasteiger partial charge >= 0.3 is 0 Å². The van der Waals surface area contributed by atoms with Crippen LogP contribution in [0.4, 0.5) is 0 Å². The molecule has 0 aliphatic heterocycles. The fraction of sp³-hybridized carbons (Fsp3) is 0. The van der Waals surface area contributed by atoms with E-state index in [1.807, 2.05) is 18.2 Å². The lowest BCUT2D eigenvalue weighted by atomic mass is 9.91. The van der Waals surface area contributed by atoms with Crippen LogP contribution in [-0.2, 0) is 0 Å². The van der Waals surface area contributed by atoms with Crippen LogP contribution in [0, 0.1) is 0 Å². The van der Waals surface area contributed by atoms with E-state index in [4.69, 9.17) is 19.4 Å². The Balaban J connectivity index is 1.06. The van der Waals surface area contributed by atoms with Gasteiger partial charge in [0.2, 0.25) is 0 Å². The van der Waals surface area contributed by atoms with E-state index in [9.17, 15) is 0 Å². The summed E-state index contributed by atoms with van der Waals surface area (Å²) in [6.45, 7) is 0. The molecule has 2 aromatic heterocycles. The van der Waals surface area contributed by atoms with Gasteiger partial charge in [-0.05, 0) is 96.0 Å². The zero-order valence-electron chi connectivity index (χ0n) is 29.5. The Morgan fingerprint density at radius 2 is 0.891 bits per heavy atom. The molecule has 1 aliphatic carbocycles. The van der Waals surface area contributed by atoms with Gasteiger partial charge in [0.25, 0.3) is 0 Å². The van der Waals surface area contributed by atoms with E-state index in [-0.39, 0.29) is 0 Å². The summed E-state index contributed by atoms with van der Waals surface area (Å²) < 4.78 is 6.65. The summed E-state index contributed by atoms with van der Waals surface area (Å²) in [6, 6.07) is 62.0. The number of nitrogens with zero attached hydrogens (tertiary/aromatic N) is 3. The Morgan fingerprint density at radius 3 is 1.69 bits per heavy atom. The van der Waals surface area contributed by atoms with E-state index < -0.39 is 0 Å². The molecular formula is C51H29N3O. The molecule has 254 valence electrons. The quantitative estimate of drug-likeness (QED) is 0.183. The smallest absolute Gasteiger partial charge is 0.164 e. The number of benzene rings is 9. The minimum atomic E-state index is 0.635. The van der Waals surface area contributed by atoms with Crippen LogP contribution in [0.25, 0.3) is 122 Å². The highest BCUT2D eigenvalue weighted by Crippen LogP contribution is 2.50. The topological polar surface area (TPSA) is 51.8 Å². The second-order valence-electron chi connectivity index (χ2n) is 14.3. The standard InChI is InChI=1S/C51H29N3O/c1-2-12-32(13-3-1)49-52-50(34-24-23-30-11-4-5-14-33(30)27-34)54-51(53-49)41-26-25-37(35-17-6-7-18-36(35)41)38-21-10-22-45-48(38)44-28-42-39-19-8-15-31-16-9-20-40(47(31)39)43(42)29-46(44)55-45/h1-29H. The molecule has 4 heteroatoms. The lowest BCUT2D eigenvalue weighted by Crippen LogP contribution is -2.00. The second kappa shape index (κ2) is 11.5. The van der Waals surface area contributed by atoms with E-state index in [0.29, 0.717) is 17.5 Å². The van der Waals surface area contributed by atoms with Gasteiger partial charge in [0, 0.05) is 27.5 Å². The van der Waals surface area contributed by atoms with Crippen LogP contribution in [-0.4, -0.2) is 15.0 Å². The lowest BCUT2D eigenvalue weighted by Gasteiger charge is -2.14. The van der Waals surface area contributed by atoms with Gasteiger partial charge in [0.05, 0.1) is 0 Å². The zero-order chi connectivity index (χ0) is 36.0. The van der Waals surface area contributed by atoms with E-state index in [1.54, 1.807) is 0 Å². The van der Waals surface area contributed by atoms with Crippen LogP contribution in [0.5, 0.6) is 0 Å². The third-order valence-electron chi connectivity index (χ3n) is 11.3. The number of rotatable bonds is 4. The molecule has 0 fully saturated rings. The van der Waals surface area contributed by atoms with Crippen LogP contribution in [0.15, 0.2) is 180 Å². The van der Waals surface area contributed by atoms with Gasteiger partial charge in [-0.15, -0.1) is 0 Å². The van der Waals surface area contributed by atoms with Crippen molar-refractivity contribution in [2.75, 3.05) is 0 Å². The fourth-order valence-corrected chi connectivity index (χ4v) is 8.73. The first-order chi connectivity index (χ1) is 27.2. The zero-order valence-corrected chi connectivity index (χ0v) is 29.5. The van der Waals surface area contributed by atoms with Crippen molar-refractivity contribution < 1.29 is 4.42 Å². The van der Waals surface area contributed by atoms with Gasteiger partial charge < -0.3 is 4.42 Å². The van der Waals surface area contributed by atoms with Crippen molar-refractivity contribution in [1.29, 1.82) is 0 Å². The molecule has 0 atom stereocenters. The normalized spacial score (nSPS) is 12.0. The molecule has 0 bridgehead atoms. The van der Waals surface area contributed by atoms with Crippen molar-refractivity contribution in [2.45, 2.75) is 0 Å². The van der Waals surface area contributed by atoms with Crippen molar-refractivity contribution in [2.24, 2.45) is 0 Å². The Morgan fingerprint density at radius 1 is 0.291 bits per heavy atom. The van der Waals surface area contributed by atoms with Crippen molar-refractivity contribution in [3.05, 3.63) is 176 Å². The summed E-state index contributed by atoms with van der Waals surface area (Å²) in [5.41, 5.74) is 11.9. The molecular weight excluding hydrogens is 671 g/mol. The summed E-state index contributed by atoms with van der Waals surface area (Å²) in [7, 11) is 0. The molecule has 0 unspecified atom stereocenters. The number of aromatic nitrogens is 3. The maximum atomic E-state index is 6.65. The second-order valence-corrected chi connectivity index (χ2v) is 14.3. The molecule has 12 rings (SSSR count). The summed E-state index contributed by atoms with van der Waals surface area (Å²) in [5, 5.41) is 9.33. The molecule has 0 spiro atoms. The highest BCUT2D eigenvalue weighted by atomic mass is 16.3. The van der Waals surface area contributed by atoms with Crippen LogP contribution < -0.4 is 0 Å². The van der Waals surface area contributed by atoms with Gasteiger partial charge in [0.15, 0.2) is 17.5 Å². The Kier molecular flexibility index (Phi) is 6.31. The maximum Gasteiger partial charge on any atom is 0.164 e. The lowest BCUT2D eigenvalue weighted by molar-refractivity contribution is 0.669. The van der Waals surface area contributed by atoms with Crippen molar-refractivity contribution in [3.63, 3.8) is 0 Å². The molecule has 55 heavy (non-hydrogen) atoms. The van der Waals surface area contributed by atoms with Gasteiger partial charge in [-0.2, -0.15) is 0 Å². The van der Waals surface area contributed by atoms with Crippen molar-refractivity contribution in [1.82, 2.24) is 15.0 Å². The van der Waals surface area contributed by atoms with Gasteiger partial charge in [0.1, 0.15) is 11.2 Å². The molecule has 4 nitrogen and oxygen atoms in total. The van der Waals surface area contributed by atoms with Gasteiger partial charge in [-0.1, -0.05) is 146 Å². The Labute approximate surface area is 316 Å². The highest BCUT2D eigenvalue weighted by Gasteiger charge is 2.25. The average Bonchev–Trinajstić information content (AvgIpc) is 3.78. The largest absolute Gasteiger partial charge is 0.456 e. The molecule has 9 aromatic carbocycles. The molecule has 0 N–H and O–H groups in total. The average molecular weight is 700 g/mol. The first-order valence-corrected chi connectivity index (χ1v) is 18.6. The Bertz CT molecular complexity index is 3380. The summed E-state index contributed by atoms with van der Waals surface area (Å²) >= 11 is 0. The minimum absolute atomic E-state index is 0.635. The molecule has 0 saturated carbocycles. The van der Waals surface area contributed by atoms with Crippen LogP contribution in [0.1, 0.15) is 0 Å². The molecule has 11 aromatic rings. The molecule has 1 aliphatic rings. The van der Waals surface area contributed by atoms with Crippen LogP contribution in [0.2, 0.25) is 0 Å². The van der Waals surface area contributed by atoms with Gasteiger partial charge in [-0.3, -0.25) is 0 Å². The monoisotopic (exact) mass is 699 g/mol. The molecule has 0 radical (unpaired) electrons. The van der Waals surface area contributed by atoms with E-state index in [2.05, 4.69) is 158 Å². The predicted octanol–water partition coefficient (Wildman–Crippen LogP) is 13.5. The first-order valence-electron chi connectivity index (χ1n) is 18.6. The van der Waals surface area contributed by atoms with Crippen molar-refractivity contribution in [3.8, 4) is 67.5 Å².